The molecule has 4 nitrogen and oxygen atoms in total. The van der Waals surface area contributed by atoms with Gasteiger partial charge in [0.2, 0.25) is 5.91 Å². The normalized spacial score (nSPS) is 11.8. The third-order valence-corrected chi connectivity index (χ3v) is 5.07. The molecule has 0 saturated heterocycles. The standard InChI is InChI=1S/C20H15ClFNO3S/c21-14-6-4-12(5-7-14)16(13-2-1-3-15(22)8-13)9-19(24)23-18-11-27-10-17(18)20(25)26/h1-8,10-11,16H,9H2,(H,23,24)(H,25,26). The minimum Gasteiger partial charge on any atom is -0.478 e. The molecule has 0 aliphatic heterocycles. The van der Waals surface area contributed by atoms with E-state index in [1.807, 2.05) is 0 Å². The quantitative estimate of drug-likeness (QED) is 0.579. The van der Waals surface area contributed by atoms with Gasteiger partial charge in [-0.1, -0.05) is 35.9 Å². The number of hydrogen-bond donors (Lipinski definition) is 2. The Balaban J connectivity index is 1.87. The maximum Gasteiger partial charge on any atom is 0.338 e. The highest BCUT2D eigenvalue weighted by Crippen LogP contribution is 2.30. The molecule has 0 aliphatic carbocycles. The average Bonchev–Trinajstić information content (AvgIpc) is 3.09. The van der Waals surface area contributed by atoms with Gasteiger partial charge in [-0.2, -0.15) is 0 Å². The molecule has 1 unspecified atom stereocenters. The summed E-state index contributed by atoms with van der Waals surface area (Å²) in [6, 6.07) is 13.1. The number of rotatable bonds is 6. The number of carbonyl (C=O) groups excluding carboxylic acids is 1. The first-order valence-corrected chi connectivity index (χ1v) is 9.36. The van der Waals surface area contributed by atoms with Gasteiger partial charge in [0, 0.05) is 28.1 Å². The van der Waals surface area contributed by atoms with Crippen LogP contribution in [0.5, 0.6) is 0 Å². The van der Waals surface area contributed by atoms with E-state index in [0.29, 0.717) is 10.6 Å². The molecule has 2 N–H and O–H groups in total. The van der Waals surface area contributed by atoms with Crippen molar-refractivity contribution < 1.29 is 19.1 Å². The molecule has 138 valence electrons. The maximum atomic E-state index is 13.7. The van der Waals surface area contributed by atoms with E-state index in [-0.39, 0.29) is 23.6 Å². The Morgan fingerprint density at radius 2 is 1.85 bits per heavy atom. The van der Waals surface area contributed by atoms with E-state index in [0.717, 1.165) is 5.56 Å². The number of carboxylic acids is 1. The van der Waals surface area contributed by atoms with Crippen LogP contribution in [0.2, 0.25) is 5.02 Å². The van der Waals surface area contributed by atoms with Gasteiger partial charge in [-0.25, -0.2) is 9.18 Å². The van der Waals surface area contributed by atoms with Crippen LogP contribution in [0.3, 0.4) is 0 Å². The van der Waals surface area contributed by atoms with Gasteiger partial charge in [-0.05, 0) is 35.4 Å². The molecule has 0 spiro atoms. The summed E-state index contributed by atoms with van der Waals surface area (Å²) in [6.07, 6.45) is 0.0278. The van der Waals surface area contributed by atoms with Crippen LogP contribution in [0.4, 0.5) is 10.1 Å². The second-order valence-corrected chi connectivity index (χ2v) is 7.10. The van der Waals surface area contributed by atoms with Gasteiger partial charge in [0.15, 0.2) is 0 Å². The summed E-state index contributed by atoms with van der Waals surface area (Å²) in [5.41, 5.74) is 1.76. The number of aromatic carboxylic acids is 1. The molecular weight excluding hydrogens is 389 g/mol. The molecule has 0 fully saturated rings. The fourth-order valence-electron chi connectivity index (χ4n) is 2.79. The second-order valence-electron chi connectivity index (χ2n) is 5.92. The third-order valence-electron chi connectivity index (χ3n) is 4.08. The molecule has 0 aliphatic rings. The second kappa shape index (κ2) is 8.33. The zero-order valence-corrected chi connectivity index (χ0v) is 15.6. The summed E-state index contributed by atoms with van der Waals surface area (Å²) >= 11 is 7.13. The summed E-state index contributed by atoms with van der Waals surface area (Å²) < 4.78 is 13.7. The number of halogens is 2. The number of thiophene rings is 1. The lowest BCUT2D eigenvalue weighted by Gasteiger charge is -2.18. The van der Waals surface area contributed by atoms with Crippen molar-refractivity contribution in [1.29, 1.82) is 0 Å². The number of benzene rings is 2. The number of nitrogens with one attached hydrogen (secondary N) is 1. The van der Waals surface area contributed by atoms with E-state index in [4.69, 9.17) is 16.7 Å². The average molecular weight is 404 g/mol. The fraction of sp³-hybridized carbons (Fsp3) is 0.100. The van der Waals surface area contributed by atoms with Gasteiger partial charge >= 0.3 is 5.97 Å². The van der Waals surface area contributed by atoms with Gasteiger partial charge in [0.25, 0.3) is 0 Å². The predicted octanol–water partition coefficient (Wildman–Crippen LogP) is 5.40. The van der Waals surface area contributed by atoms with Crippen molar-refractivity contribution in [1.82, 2.24) is 0 Å². The number of hydrogen-bond acceptors (Lipinski definition) is 3. The summed E-state index contributed by atoms with van der Waals surface area (Å²) in [7, 11) is 0. The van der Waals surface area contributed by atoms with Gasteiger partial charge in [0.05, 0.1) is 11.3 Å². The van der Waals surface area contributed by atoms with Crippen molar-refractivity contribution >= 4 is 40.5 Å². The molecule has 0 bridgehead atoms. The zero-order chi connectivity index (χ0) is 19.4. The van der Waals surface area contributed by atoms with Crippen LogP contribution in [0.1, 0.15) is 33.8 Å². The van der Waals surface area contributed by atoms with Crippen LogP contribution in [0, 0.1) is 5.82 Å². The molecule has 1 aromatic heterocycles. The number of carbonyl (C=O) groups is 2. The van der Waals surface area contributed by atoms with Crippen LogP contribution in [-0.2, 0) is 4.79 Å². The van der Waals surface area contributed by atoms with Crippen LogP contribution in [-0.4, -0.2) is 17.0 Å². The first-order valence-electron chi connectivity index (χ1n) is 8.04. The summed E-state index contributed by atoms with van der Waals surface area (Å²) in [6.45, 7) is 0. The monoisotopic (exact) mass is 403 g/mol. The van der Waals surface area contributed by atoms with Crippen LogP contribution >= 0.6 is 22.9 Å². The highest BCUT2D eigenvalue weighted by atomic mass is 35.5. The highest BCUT2D eigenvalue weighted by Gasteiger charge is 2.21. The Labute approximate surface area is 164 Å². The molecular formula is C20H15ClFNO3S. The zero-order valence-electron chi connectivity index (χ0n) is 14.0. The van der Waals surface area contributed by atoms with Gasteiger partial charge in [0.1, 0.15) is 5.82 Å². The first kappa shape index (κ1) is 19.1. The van der Waals surface area contributed by atoms with Crippen molar-refractivity contribution in [2.24, 2.45) is 0 Å². The molecule has 3 rings (SSSR count). The van der Waals surface area contributed by atoms with Crippen molar-refractivity contribution in [3.63, 3.8) is 0 Å². The van der Waals surface area contributed by atoms with E-state index >= 15 is 0 Å². The van der Waals surface area contributed by atoms with Gasteiger partial charge in [-0.15, -0.1) is 11.3 Å². The minimum absolute atomic E-state index is 0.0278. The first-order chi connectivity index (χ1) is 12.9. The molecule has 0 radical (unpaired) electrons. The maximum absolute atomic E-state index is 13.7. The van der Waals surface area contributed by atoms with Gasteiger partial charge < -0.3 is 10.4 Å². The summed E-state index contributed by atoms with van der Waals surface area (Å²) in [5.74, 6) is -2.26. The molecule has 3 aromatic rings. The molecule has 0 saturated carbocycles. The lowest BCUT2D eigenvalue weighted by molar-refractivity contribution is -0.116. The highest BCUT2D eigenvalue weighted by molar-refractivity contribution is 7.08. The Kier molecular flexibility index (Phi) is 5.88. The Morgan fingerprint density at radius 1 is 1.11 bits per heavy atom. The van der Waals surface area contributed by atoms with Crippen LogP contribution in [0.25, 0.3) is 0 Å². The Morgan fingerprint density at radius 3 is 2.52 bits per heavy atom. The molecule has 2 aromatic carbocycles. The van der Waals surface area contributed by atoms with E-state index in [9.17, 15) is 14.0 Å². The fourth-order valence-corrected chi connectivity index (χ4v) is 3.67. The lowest BCUT2D eigenvalue weighted by atomic mass is 9.88. The predicted molar refractivity (Wildman–Crippen MR) is 104 cm³/mol. The summed E-state index contributed by atoms with van der Waals surface area (Å²) in [5, 5.41) is 15.4. The molecule has 27 heavy (non-hydrogen) atoms. The number of carboxylic acid groups (broad SMARTS) is 1. The third kappa shape index (κ3) is 4.72. The topological polar surface area (TPSA) is 66.4 Å². The van der Waals surface area contributed by atoms with E-state index in [2.05, 4.69) is 5.32 Å². The van der Waals surface area contributed by atoms with Crippen molar-refractivity contribution in [2.45, 2.75) is 12.3 Å². The minimum atomic E-state index is -1.11. The van der Waals surface area contributed by atoms with E-state index in [1.165, 1.54) is 28.8 Å². The molecule has 7 heteroatoms. The largest absolute Gasteiger partial charge is 0.478 e. The van der Waals surface area contributed by atoms with E-state index in [1.54, 1.807) is 41.8 Å². The number of anilines is 1. The molecule has 1 amide bonds. The number of amides is 1. The van der Waals surface area contributed by atoms with Crippen molar-refractivity contribution in [3.05, 3.63) is 86.8 Å². The molecule has 1 atom stereocenters. The van der Waals surface area contributed by atoms with Crippen molar-refractivity contribution in [3.8, 4) is 0 Å². The summed E-state index contributed by atoms with van der Waals surface area (Å²) in [4.78, 5) is 23.8. The van der Waals surface area contributed by atoms with Crippen LogP contribution < -0.4 is 5.32 Å². The smallest absolute Gasteiger partial charge is 0.338 e. The van der Waals surface area contributed by atoms with Crippen LogP contribution in [0.15, 0.2) is 59.3 Å². The van der Waals surface area contributed by atoms with Gasteiger partial charge in [-0.3, -0.25) is 4.79 Å². The van der Waals surface area contributed by atoms with E-state index < -0.39 is 17.7 Å². The molecule has 1 heterocycles. The van der Waals surface area contributed by atoms with Crippen molar-refractivity contribution in [2.75, 3.05) is 5.32 Å². The Bertz CT molecular complexity index is 971. The lowest BCUT2D eigenvalue weighted by Crippen LogP contribution is -2.17. The SMILES string of the molecule is O=C(CC(c1ccc(Cl)cc1)c1cccc(F)c1)Nc1cscc1C(=O)O. The Hall–Kier alpha value is -2.70.